The number of rotatable bonds is 20. The summed E-state index contributed by atoms with van der Waals surface area (Å²) in [4.78, 5) is 38.6. The lowest BCUT2D eigenvalue weighted by Crippen LogP contribution is -2.45. The third-order valence-electron chi connectivity index (χ3n) is 8.09. The Kier molecular flexibility index (Phi) is 14.2. The molecule has 0 amide bonds. The lowest BCUT2D eigenvalue weighted by atomic mass is 9.98. The molecule has 3 rings (SSSR count). The number of anilines is 1. The second-order valence-electron chi connectivity index (χ2n) is 11.7. The van der Waals surface area contributed by atoms with Crippen LogP contribution in [0.15, 0.2) is 6.33 Å². The summed E-state index contributed by atoms with van der Waals surface area (Å²) in [6.45, 7) is 5.92. The van der Waals surface area contributed by atoms with Gasteiger partial charge in [-0.1, -0.05) is 96.8 Å². The van der Waals surface area contributed by atoms with Gasteiger partial charge in [0.25, 0.3) is 0 Å². The molecule has 2 aromatic heterocycles. The molecule has 1 aliphatic heterocycles. The van der Waals surface area contributed by atoms with Crippen LogP contribution in [0.5, 0.6) is 0 Å². The van der Waals surface area contributed by atoms with E-state index in [1.165, 1.54) is 51.4 Å². The van der Waals surface area contributed by atoms with Crippen LogP contribution in [0, 0.1) is 19.3 Å². The number of aromatic nitrogens is 4. The van der Waals surface area contributed by atoms with Crippen LogP contribution in [0.2, 0.25) is 0 Å². The standard InChI is InChI=1S/C33H51N5O5/c1-5-8-10-12-14-16-18-20-28(39)41-23-33(7-3)26(42-29(40)21-19-17-15-13-11-9-6-2)22-27(43-33)38-24-35-30-31(34)36-25(4)37-32(30)38/h3,24,26-27H,5-6,8-23H2,1-2,4H3,(H2,34,36,37)/t26-,27+,33+/m0/s1. The second-order valence-corrected chi connectivity index (χ2v) is 11.7. The van der Waals surface area contributed by atoms with E-state index in [9.17, 15) is 9.59 Å². The maximum atomic E-state index is 12.9. The van der Waals surface area contributed by atoms with Gasteiger partial charge in [-0.05, 0) is 19.8 Å². The van der Waals surface area contributed by atoms with Crippen molar-refractivity contribution in [3.8, 4) is 12.3 Å². The maximum Gasteiger partial charge on any atom is 0.306 e. The minimum absolute atomic E-state index is 0.215. The van der Waals surface area contributed by atoms with Gasteiger partial charge in [-0.15, -0.1) is 6.42 Å². The number of nitrogens with zero attached hydrogens (tertiary/aromatic N) is 4. The van der Waals surface area contributed by atoms with Crippen LogP contribution in [0.4, 0.5) is 5.82 Å². The number of aryl methyl sites for hydroxylation is 1. The smallest absolute Gasteiger partial charge is 0.306 e. The van der Waals surface area contributed by atoms with E-state index in [-0.39, 0.29) is 30.8 Å². The first kappa shape index (κ1) is 34.3. The van der Waals surface area contributed by atoms with Crippen LogP contribution in [0.1, 0.15) is 135 Å². The fourth-order valence-corrected chi connectivity index (χ4v) is 5.54. The lowest BCUT2D eigenvalue weighted by molar-refractivity contribution is -0.166. The number of terminal acetylenes is 1. The normalized spacial score (nSPS) is 19.9. The van der Waals surface area contributed by atoms with E-state index in [4.69, 9.17) is 26.4 Å². The second kappa shape index (κ2) is 17.8. The van der Waals surface area contributed by atoms with E-state index < -0.39 is 17.9 Å². The Labute approximate surface area is 256 Å². The number of carbonyl (C=O) groups excluding carboxylic acids is 2. The van der Waals surface area contributed by atoms with Gasteiger partial charge in [0.1, 0.15) is 30.3 Å². The average Bonchev–Trinajstić information content (AvgIpc) is 3.57. The zero-order valence-corrected chi connectivity index (χ0v) is 26.4. The van der Waals surface area contributed by atoms with Crippen LogP contribution in [-0.4, -0.2) is 49.8 Å². The van der Waals surface area contributed by atoms with Crippen molar-refractivity contribution in [2.24, 2.45) is 0 Å². The molecular weight excluding hydrogens is 546 g/mol. The number of fused-ring (bicyclic) bond motifs is 1. The van der Waals surface area contributed by atoms with Gasteiger partial charge in [-0.3, -0.25) is 14.2 Å². The van der Waals surface area contributed by atoms with Crippen molar-refractivity contribution in [3.63, 3.8) is 0 Å². The molecule has 2 aromatic rings. The number of ether oxygens (including phenoxy) is 3. The maximum absolute atomic E-state index is 12.9. The zero-order chi connectivity index (χ0) is 31.1. The van der Waals surface area contributed by atoms with Crippen molar-refractivity contribution in [2.45, 2.75) is 148 Å². The third kappa shape index (κ3) is 10.2. The van der Waals surface area contributed by atoms with Gasteiger partial charge in [0, 0.05) is 19.3 Å². The first-order chi connectivity index (χ1) is 20.8. The molecule has 2 N–H and O–H groups in total. The molecule has 1 aliphatic rings. The van der Waals surface area contributed by atoms with Gasteiger partial charge < -0.3 is 19.9 Å². The number of carbonyl (C=O) groups is 2. The quantitative estimate of drug-likeness (QED) is 0.100. The molecule has 0 bridgehead atoms. The molecular formula is C33H51N5O5. The summed E-state index contributed by atoms with van der Waals surface area (Å²) in [5, 5.41) is 0. The van der Waals surface area contributed by atoms with Gasteiger partial charge in [0.2, 0.25) is 5.60 Å². The molecule has 10 nitrogen and oxygen atoms in total. The Morgan fingerprint density at radius 2 is 1.56 bits per heavy atom. The highest BCUT2D eigenvalue weighted by Gasteiger charge is 2.52. The molecule has 10 heteroatoms. The summed E-state index contributed by atoms with van der Waals surface area (Å²) in [5.74, 6) is 2.75. The van der Waals surface area contributed by atoms with Crippen LogP contribution >= 0.6 is 0 Å². The number of hydrogen-bond acceptors (Lipinski definition) is 9. The SMILES string of the molecule is C#C[C@]1(COC(=O)CCCCCCCCC)O[C@@H](n2cnc3c(N)nc(C)nc32)C[C@@H]1OC(=O)CCCCCCCCC. The molecule has 0 unspecified atom stereocenters. The van der Waals surface area contributed by atoms with Crippen molar-refractivity contribution in [2.75, 3.05) is 12.3 Å². The van der Waals surface area contributed by atoms with E-state index >= 15 is 0 Å². The van der Waals surface area contributed by atoms with E-state index in [0.29, 0.717) is 29.8 Å². The summed E-state index contributed by atoms with van der Waals surface area (Å²) in [6.07, 6.45) is 22.4. The molecule has 0 aliphatic carbocycles. The van der Waals surface area contributed by atoms with Crippen molar-refractivity contribution >= 4 is 28.9 Å². The number of nitrogen functional groups attached to an aromatic ring is 1. The molecule has 0 radical (unpaired) electrons. The van der Waals surface area contributed by atoms with Gasteiger partial charge in [-0.2, -0.15) is 0 Å². The minimum atomic E-state index is -1.44. The van der Waals surface area contributed by atoms with Crippen LogP contribution in [0.3, 0.4) is 0 Å². The highest BCUT2D eigenvalue weighted by Crippen LogP contribution is 2.40. The Morgan fingerprint density at radius 3 is 2.16 bits per heavy atom. The fourth-order valence-electron chi connectivity index (χ4n) is 5.54. The summed E-state index contributed by atoms with van der Waals surface area (Å²) >= 11 is 0. The van der Waals surface area contributed by atoms with E-state index in [2.05, 4.69) is 34.7 Å². The summed E-state index contributed by atoms with van der Waals surface area (Å²) < 4.78 is 19.7. The molecule has 0 saturated carbocycles. The fraction of sp³-hybridized carbons (Fsp3) is 0.727. The molecule has 0 aromatic carbocycles. The van der Waals surface area contributed by atoms with Gasteiger partial charge in [-0.25, -0.2) is 15.0 Å². The van der Waals surface area contributed by atoms with Gasteiger partial charge >= 0.3 is 11.9 Å². The number of imidazole rings is 1. The Hall–Kier alpha value is -3.19. The Bertz CT molecular complexity index is 1210. The van der Waals surface area contributed by atoms with Crippen molar-refractivity contribution in [1.29, 1.82) is 0 Å². The monoisotopic (exact) mass is 597 g/mol. The first-order valence-corrected chi connectivity index (χ1v) is 16.3. The molecule has 1 saturated heterocycles. The lowest BCUT2D eigenvalue weighted by Gasteiger charge is -2.28. The van der Waals surface area contributed by atoms with E-state index in [0.717, 1.165) is 38.5 Å². The average molecular weight is 598 g/mol. The molecule has 238 valence electrons. The Balaban J connectivity index is 1.65. The minimum Gasteiger partial charge on any atom is -0.461 e. The number of nitrogens with two attached hydrogens (primary N) is 1. The van der Waals surface area contributed by atoms with E-state index in [1.807, 2.05) is 0 Å². The number of unbranched alkanes of at least 4 members (excludes halogenated alkanes) is 12. The number of esters is 2. The topological polar surface area (TPSA) is 131 Å². The van der Waals surface area contributed by atoms with E-state index in [1.54, 1.807) is 17.8 Å². The summed E-state index contributed by atoms with van der Waals surface area (Å²) in [6, 6.07) is 0. The van der Waals surface area contributed by atoms with Crippen molar-refractivity contribution in [1.82, 2.24) is 19.5 Å². The largest absolute Gasteiger partial charge is 0.461 e. The van der Waals surface area contributed by atoms with Crippen LogP contribution in [-0.2, 0) is 23.8 Å². The van der Waals surface area contributed by atoms with Gasteiger partial charge in [0.05, 0.1) is 6.33 Å². The van der Waals surface area contributed by atoms with Crippen molar-refractivity contribution in [3.05, 3.63) is 12.2 Å². The van der Waals surface area contributed by atoms with Crippen molar-refractivity contribution < 1.29 is 23.8 Å². The summed E-state index contributed by atoms with van der Waals surface area (Å²) in [5.41, 5.74) is 5.56. The highest BCUT2D eigenvalue weighted by atomic mass is 16.6. The predicted molar refractivity (Wildman–Crippen MR) is 167 cm³/mol. The zero-order valence-electron chi connectivity index (χ0n) is 26.4. The molecule has 0 spiro atoms. The highest BCUT2D eigenvalue weighted by molar-refractivity contribution is 5.81. The molecule has 1 fully saturated rings. The molecule has 3 heterocycles. The Morgan fingerprint density at radius 1 is 0.977 bits per heavy atom. The summed E-state index contributed by atoms with van der Waals surface area (Å²) in [7, 11) is 0. The van der Waals surface area contributed by atoms with Crippen LogP contribution in [0.25, 0.3) is 11.2 Å². The van der Waals surface area contributed by atoms with Gasteiger partial charge in [0.15, 0.2) is 11.5 Å². The predicted octanol–water partition coefficient (Wildman–Crippen LogP) is 6.74. The molecule has 3 atom stereocenters. The number of hydrogen-bond donors (Lipinski definition) is 1. The van der Waals surface area contributed by atoms with Crippen LogP contribution < -0.4 is 5.73 Å². The third-order valence-corrected chi connectivity index (χ3v) is 8.09. The molecule has 43 heavy (non-hydrogen) atoms. The first-order valence-electron chi connectivity index (χ1n) is 16.3.